The second-order valence-electron chi connectivity index (χ2n) is 13.2. The first kappa shape index (κ1) is 40.8. The molecule has 1 aliphatic carbocycles. The van der Waals surface area contributed by atoms with Gasteiger partial charge in [-0.05, 0) is 125 Å². The number of esters is 3. The molecule has 0 saturated carbocycles. The molecule has 0 unspecified atom stereocenters. The van der Waals surface area contributed by atoms with Gasteiger partial charge in [0.25, 0.3) is 0 Å². The second-order valence-corrected chi connectivity index (χ2v) is 13.2. The molecule has 54 heavy (non-hydrogen) atoms. The minimum atomic E-state index is -2.39. The van der Waals surface area contributed by atoms with Gasteiger partial charge in [0.1, 0.15) is 45.6 Å². The number of carboxylic acid groups (broad SMARTS) is 1. The molecule has 3 aromatic carbocycles. The molecule has 3 N–H and O–H groups in total. The fourth-order valence-electron chi connectivity index (χ4n) is 6.77. The van der Waals surface area contributed by atoms with Crippen LogP contribution >= 0.6 is 0 Å². The fraction of sp³-hybridized carbons (Fsp3) is 0.341. The molecule has 13 heteroatoms. The van der Waals surface area contributed by atoms with E-state index in [-0.39, 0.29) is 67.7 Å². The number of carboxylic acids is 1. The van der Waals surface area contributed by atoms with Crippen LogP contribution < -0.4 is 18.9 Å². The van der Waals surface area contributed by atoms with Gasteiger partial charge in [-0.25, -0.2) is 19.2 Å². The molecular formula is C41H44O13. The van der Waals surface area contributed by atoms with Gasteiger partial charge in [-0.3, -0.25) is 4.79 Å². The largest absolute Gasteiger partial charge is 0.507 e. The highest BCUT2D eigenvalue weighted by molar-refractivity contribution is 6.06. The predicted octanol–water partition coefficient (Wildman–Crippen LogP) is 6.26. The number of hydrogen-bond acceptors (Lipinski definition) is 12. The normalized spacial score (nSPS) is 15.2. The third-order valence-corrected chi connectivity index (χ3v) is 10.1. The molecule has 4 rings (SSSR count). The Balaban J connectivity index is 1.70. The van der Waals surface area contributed by atoms with Gasteiger partial charge in [-0.2, -0.15) is 0 Å². The number of aromatic hydroxyl groups is 1. The van der Waals surface area contributed by atoms with Crippen molar-refractivity contribution in [1.29, 1.82) is 0 Å². The van der Waals surface area contributed by atoms with Crippen molar-refractivity contribution in [3.8, 4) is 28.7 Å². The summed E-state index contributed by atoms with van der Waals surface area (Å²) in [7, 11) is 2.51. The maximum absolute atomic E-state index is 13.9. The molecule has 0 bridgehead atoms. The summed E-state index contributed by atoms with van der Waals surface area (Å²) < 4.78 is 28.1. The Morgan fingerprint density at radius 1 is 0.667 bits per heavy atom. The van der Waals surface area contributed by atoms with Crippen LogP contribution in [0.4, 0.5) is 0 Å². The van der Waals surface area contributed by atoms with Crippen LogP contribution in [0.1, 0.15) is 95.0 Å². The number of ketones is 1. The van der Waals surface area contributed by atoms with Crippen molar-refractivity contribution in [2.24, 2.45) is 0 Å². The number of carbonyl (C=O) groups excluding carboxylic acids is 4. The third kappa shape index (κ3) is 6.71. The van der Waals surface area contributed by atoms with Crippen LogP contribution in [0.2, 0.25) is 0 Å². The molecule has 0 saturated heterocycles. The lowest BCUT2D eigenvalue weighted by Gasteiger charge is -2.31. The number of rotatable bonds is 10. The van der Waals surface area contributed by atoms with Crippen LogP contribution in [0.3, 0.4) is 0 Å². The summed E-state index contributed by atoms with van der Waals surface area (Å²) in [6.45, 7) is 15.9. The molecule has 0 aromatic heterocycles. The minimum Gasteiger partial charge on any atom is -0.507 e. The molecule has 13 nitrogen and oxygen atoms in total. The van der Waals surface area contributed by atoms with E-state index in [1.807, 2.05) is 6.92 Å². The van der Waals surface area contributed by atoms with Crippen LogP contribution in [0.5, 0.6) is 28.7 Å². The van der Waals surface area contributed by atoms with E-state index in [1.165, 1.54) is 41.1 Å². The zero-order chi connectivity index (χ0) is 40.7. The van der Waals surface area contributed by atoms with Crippen molar-refractivity contribution < 1.29 is 63.0 Å². The Hall–Kier alpha value is -5.95. The summed E-state index contributed by atoms with van der Waals surface area (Å²) in [6.07, 6.45) is 2.47. The number of hydrogen-bond donors (Lipinski definition) is 3. The summed E-state index contributed by atoms with van der Waals surface area (Å²) in [5, 5.41) is 32.4. The van der Waals surface area contributed by atoms with E-state index in [9.17, 15) is 39.3 Å². The van der Waals surface area contributed by atoms with E-state index < -0.39 is 41.0 Å². The third-order valence-electron chi connectivity index (χ3n) is 10.1. The van der Waals surface area contributed by atoms with Crippen molar-refractivity contribution >= 4 is 29.7 Å². The van der Waals surface area contributed by atoms with Crippen molar-refractivity contribution in [3.05, 3.63) is 96.3 Å². The van der Waals surface area contributed by atoms with Crippen molar-refractivity contribution in [1.82, 2.24) is 0 Å². The van der Waals surface area contributed by atoms with Crippen LogP contribution in [0, 0.1) is 55.4 Å². The lowest BCUT2D eigenvalue weighted by atomic mass is 9.87. The predicted molar refractivity (Wildman–Crippen MR) is 196 cm³/mol. The van der Waals surface area contributed by atoms with Crippen molar-refractivity contribution in [3.63, 3.8) is 0 Å². The monoisotopic (exact) mass is 744 g/mol. The number of ether oxygens (including phenoxy) is 5. The number of phenolic OH excluding ortho intramolecular Hbond substituents is 1. The van der Waals surface area contributed by atoms with E-state index in [0.717, 1.165) is 12.2 Å². The van der Waals surface area contributed by atoms with E-state index in [2.05, 4.69) is 0 Å². The van der Waals surface area contributed by atoms with Gasteiger partial charge in [-0.15, -0.1) is 0 Å². The second kappa shape index (κ2) is 15.2. The van der Waals surface area contributed by atoms with Crippen LogP contribution in [0.25, 0.3) is 0 Å². The highest BCUT2D eigenvalue weighted by Gasteiger charge is 2.48. The Morgan fingerprint density at radius 2 is 1.24 bits per heavy atom. The first-order valence-electron chi connectivity index (χ1n) is 16.9. The van der Waals surface area contributed by atoms with Gasteiger partial charge in [0, 0.05) is 17.2 Å². The van der Waals surface area contributed by atoms with Crippen LogP contribution in [-0.4, -0.2) is 64.8 Å². The van der Waals surface area contributed by atoms with Crippen molar-refractivity contribution in [2.45, 2.75) is 81.3 Å². The number of benzene rings is 3. The maximum atomic E-state index is 13.9. The Morgan fingerprint density at radius 3 is 1.80 bits per heavy atom. The molecule has 0 aliphatic heterocycles. The number of aromatic carboxylic acids is 1. The number of allylic oxidation sites excluding steroid dienone is 2. The molecule has 0 amide bonds. The Labute approximate surface area is 312 Å². The quantitative estimate of drug-likeness (QED) is 0.156. The number of phenols is 1. The van der Waals surface area contributed by atoms with E-state index in [1.54, 1.807) is 41.5 Å². The molecule has 1 atom stereocenters. The number of aryl methyl sites for hydroxylation is 1. The van der Waals surface area contributed by atoms with Gasteiger partial charge in [0.05, 0.1) is 19.8 Å². The standard InChI is InChI=1S/C41H44O13/c1-13-27-23(8)31(37(44)45)19(4)22(7)35(27)53-38(46)30-17(2)14-28(24(9)33(30)43)52-39(47)32-20(5)21(6)34(25(10)36(32)51-12)54-40(48)41(49)18(3)15-26(42)16-29(41)50-11/h14-16,43,49H,13H2,1-12H3,(H,44,45)/t41-/m1/s1. The molecule has 0 heterocycles. The highest BCUT2D eigenvalue weighted by atomic mass is 16.6. The lowest BCUT2D eigenvalue weighted by Crippen LogP contribution is -2.47. The molecule has 0 radical (unpaired) electrons. The average Bonchev–Trinajstić information content (AvgIpc) is 3.10. The zero-order valence-corrected chi connectivity index (χ0v) is 32.4. The van der Waals surface area contributed by atoms with Crippen LogP contribution in [0.15, 0.2) is 29.6 Å². The number of methoxy groups -OCH3 is 2. The van der Waals surface area contributed by atoms with Gasteiger partial charge in [0.2, 0.25) is 5.60 Å². The molecule has 0 spiro atoms. The summed E-state index contributed by atoms with van der Waals surface area (Å²) in [4.78, 5) is 65.0. The topological polar surface area (TPSA) is 192 Å². The Kier molecular flexibility index (Phi) is 11.5. The SMILES string of the molecule is CCc1c(C)c(C(=O)O)c(C)c(C)c1OC(=O)c1c(C)cc(OC(=O)c2c(C)c(C)c(OC(=O)[C@@]3(O)C(C)=CC(=O)C=C3OC)c(C)c2OC)c(C)c1O. The van der Waals surface area contributed by atoms with E-state index in [0.29, 0.717) is 39.8 Å². The lowest BCUT2D eigenvalue weighted by molar-refractivity contribution is -0.151. The summed E-state index contributed by atoms with van der Waals surface area (Å²) in [5.41, 5.74) is 0.657. The minimum absolute atomic E-state index is 0.00327. The first-order chi connectivity index (χ1) is 25.2. The molecule has 1 aliphatic rings. The first-order valence-corrected chi connectivity index (χ1v) is 16.9. The van der Waals surface area contributed by atoms with E-state index >= 15 is 0 Å². The summed E-state index contributed by atoms with van der Waals surface area (Å²) >= 11 is 0. The zero-order valence-electron chi connectivity index (χ0n) is 32.4. The fourth-order valence-corrected chi connectivity index (χ4v) is 6.77. The van der Waals surface area contributed by atoms with Gasteiger partial charge >= 0.3 is 23.9 Å². The molecule has 0 fully saturated rings. The number of carbonyl (C=O) groups is 5. The molecule has 3 aromatic rings. The van der Waals surface area contributed by atoms with Gasteiger partial charge < -0.3 is 39.0 Å². The maximum Gasteiger partial charge on any atom is 0.356 e. The van der Waals surface area contributed by atoms with Gasteiger partial charge in [-0.1, -0.05) is 6.92 Å². The van der Waals surface area contributed by atoms with Crippen molar-refractivity contribution in [2.75, 3.05) is 14.2 Å². The van der Waals surface area contributed by atoms with Crippen LogP contribution in [-0.2, 0) is 20.7 Å². The summed E-state index contributed by atoms with van der Waals surface area (Å²) in [6, 6.07) is 1.41. The smallest absolute Gasteiger partial charge is 0.356 e. The number of aliphatic hydroxyl groups is 1. The summed E-state index contributed by atoms with van der Waals surface area (Å²) in [5.74, 6) is -5.12. The van der Waals surface area contributed by atoms with E-state index in [4.69, 9.17) is 23.7 Å². The molecule has 286 valence electrons. The Bertz CT molecular complexity index is 2220. The average molecular weight is 745 g/mol. The van der Waals surface area contributed by atoms with Gasteiger partial charge in [0.15, 0.2) is 5.78 Å². The highest BCUT2D eigenvalue weighted by Crippen LogP contribution is 2.42. The molecular weight excluding hydrogens is 700 g/mol.